The van der Waals surface area contributed by atoms with E-state index in [0.29, 0.717) is 11.0 Å². The Hall–Kier alpha value is -1.75. The van der Waals surface area contributed by atoms with Crippen LogP contribution in [0.1, 0.15) is 5.56 Å². The molecule has 4 nitrogen and oxygen atoms in total. The normalized spacial score (nSPS) is 10.3. The van der Waals surface area contributed by atoms with Crippen molar-refractivity contribution in [3.8, 4) is 5.75 Å². The van der Waals surface area contributed by atoms with Gasteiger partial charge in [0.15, 0.2) is 0 Å². The molecule has 0 atom stereocenters. The Labute approximate surface area is 113 Å². The summed E-state index contributed by atoms with van der Waals surface area (Å²) in [6.45, 7) is 0.622. The summed E-state index contributed by atoms with van der Waals surface area (Å²) in [7, 11) is 1.71. The van der Waals surface area contributed by atoms with E-state index in [1.165, 1.54) is 10.6 Å². The molecule has 2 aromatic rings. The third kappa shape index (κ3) is 2.92. The standard InChI is InChI=1S/C13H13BrN2O2/c1-16-8-10(3-5-13(16)18)15-7-9-2-4-12(17)11(14)6-9/h2-6,8,15,17H,7H2,1H3. The van der Waals surface area contributed by atoms with E-state index in [4.69, 9.17) is 0 Å². The second-order valence-electron chi connectivity index (χ2n) is 4.01. The fraction of sp³-hybridized carbons (Fsp3) is 0.154. The highest BCUT2D eigenvalue weighted by Crippen LogP contribution is 2.24. The predicted octanol–water partition coefficient (Wildman–Crippen LogP) is 2.47. The van der Waals surface area contributed by atoms with Crippen LogP contribution in [0.3, 0.4) is 0 Å². The van der Waals surface area contributed by atoms with Crippen molar-refractivity contribution >= 4 is 21.6 Å². The van der Waals surface area contributed by atoms with Crippen LogP contribution in [0.25, 0.3) is 0 Å². The zero-order valence-electron chi connectivity index (χ0n) is 9.85. The van der Waals surface area contributed by atoms with E-state index in [2.05, 4.69) is 21.2 Å². The topological polar surface area (TPSA) is 54.3 Å². The fourth-order valence-electron chi connectivity index (χ4n) is 1.56. The van der Waals surface area contributed by atoms with Crippen molar-refractivity contribution < 1.29 is 5.11 Å². The molecule has 2 N–H and O–H groups in total. The highest BCUT2D eigenvalue weighted by molar-refractivity contribution is 9.10. The summed E-state index contributed by atoms with van der Waals surface area (Å²) in [5, 5.41) is 12.6. The third-order valence-corrected chi connectivity index (χ3v) is 3.23. The van der Waals surface area contributed by atoms with Gasteiger partial charge in [0.1, 0.15) is 5.75 Å². The molecule has 1 aromatic heterocycles. The number of nitrogens with one attached hydrogen (secondary N) is 1. The summed E-state index contributed by atoms with van der Waals surface area (Å²) < 4.78 is 2.19. The quantitative estimate of drug-likeness (QED) is 0.916. The summed E-state index contributed by atoms with van der Waals surface area (Å²) in [5.74, 6) is 0.223. The number of aryl methyl sites for hydroxylation is 1. The molecule has 0 saturated heterocycles. The van der Waals surface area contributed by atoms with Crippen molar-refractivity contribution in [3.63, 3.8) is 0 Å². The van der Waals surface area contributed by atoms with Crippen LogP contribution in [-0.4, -0.2) is 9.67 Å². The molecule has 18 heavy (non-hydrogen) atoms. The zero-order valence-corrected chi connectivity index (χ0v) is 11.4. The molecule has 0 amide bonds. The van der Waals surface area contributed by atoms with E-state index in [9.17, 15) is 9.90 Å². The highest BCUT2D eigenvalue weighted by atomic mass is 79.9. The van der Waals surface area contributed by atoms with Gasteiger partial charge in [-0.3, -0.25) is 4.79 Å². The Morgan fingerprint density at radius 3 is 2.78 bits per heavy atom. The minimum Gasteiger partial charge on any atom is -0.507 e. The number of aromatic nitrogens is 1. The first kappa shape index (κ1) is 12.7. The van der Waals surface area contributed by atoms with Gasteiger partial charge in [0.2, 0.25) is 5.56 Å². The van der Waals surface area contributed by atoms with Gasteiger partial charge in [-0.15, -0.1) is 0 Å². The summed E-state index contributed by atoms with van der Waals surface area (Å²) in [6, 6.07) is 8.61. The van der Waals surface area contributed by atoms with Crippen LogP contribution >= 0.6 is 15.9 Å². The molecule has 0 fully saturated rings. The van der Waals surface area contributed by atoms with Gasteiger partial charge in [0, 0.05) is 25.9 Å². The minimum absolute atomic E-state index is 0.0343. The average Bonchev–Trinajstić information content (AvgIpc) is 2.35. The fourth-order valence-corrected chi connectivity index (χ4v) is 1.99. The molecule has 0 radical (unpaired) electrons. The van der Waals surface area contributed by atoms with E-state index in [1.807, 2.05) is 12.1 Å². The predicted molar refractivity (Wildman–Crippen MR) is 74.8 cm³/mol. The number of aromatic hydroxyl groups is 1. The Morgan fingerprint density at radius 2 is 2.11 bits per heavy atom. The van der Waals surface area contributed by atoms with Crippen molar-refractivity contribution in [2.45, 2.75) is 6.54 Å². The number of pyridine rings is 1. The van der Waals surface area contributed by atoms with Gasteiger partial charge in [-0.05, 0) is 39.7 Å². The Bertz CT molecular complexity index is 623. The van der Waals surface area contributed by atoms with Crippen molar-refractivity contribution in [1.29, 1.82) is 0 Å². The molecule has 0 aliphatic rings. The molecular formula is C13H13BrN2O2. The monoisotopic (exact) mass is 308 g/mol. The smallest absolute Gasteiger partial charge is 0.250 e. The van der Waals surface area contributed by atoms with Crippen LogP contribution in [0, 0.1) is 0 Å². The van der Waals surface area contributed by atoms with Gasteiger partial charge in [-0.1, -0.05) is 6.07 Å². The van der Waals surface area contributed by atoms with Crippen LogP contribution in [0.2, 0.25) is 0 Å². The number of hydrogen-bond acceptors (Lipinski definition) is 3. The lowest BCUT2D eigenvalue weighted by Crippen LogP contribution is -2.15. The Balaban J connectivity index is 2.09. The minimum atomic E-state index is -0.0343. The van der Waals surface area contributed by atoms with E-state index in [-0.39, 0.29) is 11.3 Å². The summed E-state index contributed by atoms with van der Waals surface area (Å²) >= 11 is 3.27. The number of phenolic OH excluding ortho intramolecular Hbond substituents is 1. The second kappa shape index (κ2) is 5.27. The lowest BCUT2D eigenvalue weighted by Gasteiger charge is -2.08. The van der Waals surface area contributed by atoms with Crippen LogP contribution in [0.15, 0.2) is 45.8 Å². The van der Waals surface area contributed by atoms with Gasteiger partial charge < -0.3 is 15.0 Å². The molecule has 1 aromatic carbocycles. The number of halogens is 1. The molecule has 2 rings (SSSR count). The molecule has 0 bridgehead atoms. The second-order valence-corrected chi connectivity index (χ2v) is 4.86. The maximum atomic E-state index is 11.2. The first-order valence-corrected chi connectivity index (χ1v) is 6.23. The summed E-state index contributed by atoms with van der Waals surface area (Å²) in [6.07, 6.45) is 1.75. The van der Waals surface area contributed by atoms with Crippen molar-refractivity contribution in [2.75, 3.05) is 5.32 Å². The van der Waals surface area contributed by atoms with Crippen molar-refractivity contribution in [1.82, 2.24) is 4.57 Å². The van der Waals surface area contributed by atoms with E-state index in [0.717, 1.165) is 11.3 Å². The van der Waals surface area contributed by atoms with Gasteiger partial charge >= 0.3 is 0 Å². The molecule has 1 heterocycles. The van der Waals surface area contributed by atoms with Gasteiger partial charge in [0.25, 0.3) is 0 Å². The molecule has 0 spiro atoms. The SMILES string of the molecule is Cn1cc(NCc2ccc(O)c(Br)c2)ccc1=O. The Morgan fingerprint density at radius 1 is 1.33 bits per heavy atom. The van der Waals surface area contributed by atoms with Gasteiger partial charge in [0.05, 0.1) is 10.2 Å². The number of hydrogen-bond donors (Lipinski definition) is 2. The first-order chi connectivity index (χ1) is 8.56. The van der Waals surface area contributed by atoms with Crippen molar-refractivity contribution in [3.05, 3.63) is 56.9 Å². The number of phenols is 1. The molecular weight excluding hydrogens is 296 g/mol. The molecule has 0 saturated carbocycles. The van der Waals surface area contributed by atoms with E-state index in [1.54, 1.807) is 25.4 Å². The molecule has 0 aliphatic heterocycles. The molecule has 0 unspecified atom stereocenters. The van der Waals surface area contributed by atoms with Gasteiger partial charge in [-0.25, -0.2) is 0 Å². The number of rotatable bonds is 3. The first-order valence-electron chi connectivity index (χ1n) is 5.44. The van der Waals surface area contributed by atoms with Crippen molar-refractivity contribution in [2.24, 2.45) is 7.05 Å². The highest BCUT2D eigenvalue weighted by Gasteiger charge is 2.00. The van der Waals surface area contributed by atoms with Crippen LogP contribution in [-0.2, 0) is 13.6 Å². The van der Waals surface area contributed by atoms with E-state index < -0.39 is 0 Å². The third-order valence-electron chi connectivity index (χ3n) is 2.59. The number of anilines is 1. The zero-order chi connectivity index (χ0) is 13.1. The molecule has 5 heteroatoms. The van der Waals surface area contributed by atoms with Crippen LogP contribution < -0.4 is 10.9 Å². The average molecular weight is 309 g/mol. The Kier molecular flexibility index (Phi) is 3.72. The van der Waals surface area contributed by atoms with Crippen LogP contribution in [0.4, 0.5) is 5.69 Å². The number of nitrogens with zero attached hydrogens (tertiary/aromatic N) is 1. The number of benzene rings is 1. The van der Waals surface area contributed by atoms with Gasteiger partial charge in [-0.2, -0.15) is 0 Å². The lowest BCUT2D eigenvalue weighted by molar-refractivity contribution is 0.471. The lowest BCUT2D eigenvalue weighted by atomic mass is 10.2. The largest absolute Gasteiger partial charge is 0.507 e. The summed E-state index contributed by atoms with van der Waals surface area (Å²) in [4.78, 5) is 11.2. The van der Waals surface area contributed by atoms with Crippen LogP contribution in [0.5, 0.6) is 5.75 Å². The maximum Gasteiger partial charge on any atom is 0.250 e. The molecule has 0 aliphatic carbocycles. The van der Waals surface area contributed by atoms with E-state index >= 15 is 0 Å². The molecule has 94 valence electrons. The summed E-state index contributed by atoms with van der Waals surface area (Å²) in [5.41, 5.74) is 1.88. The maximum absolute atomic E-state index is 11.2.